The van der Waals surface area contributed by atoms with Gasteiger partial charge in [0.25, 0.3) is 0 Å². The molecule has 100 valence electrons. The van der Waals surface area contributed by atoms with E-state index in [4.69, 9.17) is 10.8 Å². The number of aryl methyl sites for hydroxylation is 1. The summed E-state index contributed by atoms with van der Waals surface area (Å²) in [5.41, 5.74) is 8.29. The van der Waals surface area contributed by atoms with E-state index in [-0.39, 0.29) is 18.4 Å². The predicted octanol–water partition coefficient (Wildman–Crippen LogP) is 4.02. The standard InChI is InChI=1S/C13H17Br2NO2/c1-7(4-13(17)18)3-12(16)9-6-10(14)8(2)5-11(9)15/h5-7,12H,3-4,16H2,1-2H3,(H,17,18). The molecule has 0 radical (unpaired) electrons. The van der Waals surface area contributed by atoms with Gasteiger partial charge in [-0.25, -0.2) is 0 Å². The molecule has 0 amide bonds. The third-order valence-electron chi connectivity index (χ3n) is 2.86. The van der Waals surface area contributed by atoms with Crippen molar-refractivity contribution in [3.8, 4) is 0 Å². The largest absolute Gasteiger partial charge is 0.481 e. The third-order valence-corrected chi connectivity index (χ3v) is 4.40. The van der Waals surface area contributed by atoms with Crippen molar-refractivity contribution < 1.29 is 9.90 Å². The van der Waals surface area contributed by atoms with E-state index in [2.05, 4.69) is 31.9 Å². The van der Waals surface area contributed by atoms with Crippen LogP contribution in [0.3, 0.4) is 0 Å². The highest BCUT2D eigenvalue weighted by molar-refractivity contribution is 9.11. The predicted molar refractivity (Wildman–Crippen MR) is 79.5 cm³/mol. The quantitative estimate of drug-likeness (QED) is 0.813. The summed E-state index contributed by atoms with van der Waals surface area (Å²) >= 11 is 6.99. The molecule has 0 aromatic heterocycles. The second kappa shape index (κ2) is 6.68. The highest BCUT2D eigenvalue weighted by Gasteiger charge is 2.16. The van der Waals surface area contributed by atoms with Crippen molar-refractivity contribution in [2.45, 2.75) is 32.7 Å². The van der Waals surface area contributed by atoms with Gasteiger partial charge in [-0.1, -0.05) is 38.8 Å². The molecule has 0 spiro atoms. The molecule has 2 atom stereocenters. The lowest BCUT2D eigenvalue weighted by Crippen LogP contribution is -2.16. The fraction of sp³-hybridized carbons (Fsp3) is 0.462. The summed E-state index contributed by atoms with van der Waals surface area (Å²) in [5, 5.41) is 8.74. The Labute approximate surface area is 124 Å². The third kappa shape index (κ3) is 4.37. The van der Waals surface area contributed by atoms with Crippen LogP contribution in [-0.2, 0) is 4.79 Å². The van der Waals surface area contributed by atoms with Gasteiger partial charge in [0.1, 0.15) is 0 Å². The SMILES string of the molecule is Cc1cc(Br)c(C(N)CC(C)CC(=O)O)cc1Br. The van der Waals surface area contributed by atoms with Crippen LogP contribution in [-0.4, -0.2) is 11.1 Å². The number of nitrogens with two attached hydrogens (primary N) is 1. The molecule has 0 heterocycles. The van der Waals surface area contributed by atoms with Gasteiger partial charge in [-0.3, -0.25) is 4.79 Å². The van der Waals surface area contributed by atoms with Crippen LogP contribution in [0, 0.1) is 12.8 Å². The van der Waals surface area contributed by atoms with E-state index in [1.54, 1.807) is 0 Å². The minimum Gasteiger partial charge on any atom is -0.481 e. The summed E-state index contributed by atoms with van der Waals surface area (Å²) in [7, 11) is 0. The molecular weight excluding hydrogens is 362 g/mol. The van der Waals surface area contributed by atoms with Crippen molar-refractivity contribution in [2.75, 3.05) is 0 Å². The van der Waals surface area contributed by atoms with Crippen LogP contribution in [0.5, 0.6) is 0 Å². The Morgan fingerprint density at radius 1 is 1.39 bits per heavy atom. The Morgan fingerprint density at radius 3 is 2.56 bits per heavy atom. The molecule has 0 saturated heterocycles. The first-order valence-corrected chi connectivity index (χ1v) is 7.32. The Morgan fingerprint density at radius 2 is 2.00 bits per heavy atom. The van der Waals surface area contributed by atoms with Crippen molar-refractivity contribution in [3.05, 3.63) is 32.2 Å². The Kier molecular flexibility index (Phi) is 5.82. The van der Waals surface area contributed by atoms with Crippen molar-refractivity contribution in [1.29, 1.82) is 0 Å². The molecule has 0 aliphatic carbocycles. The average molecular weight is 379 g/mol. The minimum absolute atomic E-state index is 0.0597. The lowest BCUT2D eigenvalue weighted by atomic mass is 9.94. The molecule has 1 rings (SSSR count). The normalized spacial score (nSPS) is 14.3. The molecule has 3 nitrogen and oxygen atoms in total. The molecule has 2 unspecified atom stereocenters. The molecular formula is C13H17Br2NO2. The fourth-order valence-corrected chi connectivity index (χ4v) is 3.00. The van der Waals surface area contributed by atoms with Crippen molar-refractivity contribution in [2.24, 2.45) is 11.7 Å². The number of benzene rings is 1. The molecule has 1 aromatic carbocycles. The zero-order valence-electron chi connectivity index (χ0n) is 10.4. The molecule has 18 heavy (non-hydrogen) atoms. The molecule has 1 aromatic rings. The van der Waals surface area contributed by atoms with Crippen LogP contribution in [0.4, 0.5) is 0 Å². The van der Waals surface area contributed by atoms with Gasteiger partial charge in [-0.05, 0) is 42.5 Å². The Balaban J connectivity index is 2.81. The van der Waals surface area contributed by atoms with Gasteiger partial charge in [0.15, 0.2) is 0 Å². The number of carboxylic acids is 1. The van der Waals surface area contributed by atoms with Crippen LogP contribution in [0.25, 0.3) is 0 Å². The molecule has 0 saturated carbocycles. The summed E-state index contributed by atoms with van der Waals surface area (Å²) in [6.07, 6.45) is 0.804. The number of halogens is 2. The lowest BCUT2D eigenvalue weighted by Gasteiger charge is -2.18. The second-order valence-electron chi connectivity index (χ2n) is 4.67. The Bertz CT molecular complexity index is 449. The van der Waals surface area contributed by atoms with E-state index < -0.39 is 5.97 Å². The van der Waals surface area contributed by atoms with E-state index in [0.717, 1.165) is 20.1 Å². The minimum atomic E-state index is -0.779. The zero-order chi connectivity index (χ0) is 13.9. The molecule has 5 heteroatoms. The van der Waals surface area contributed by atoms with E-state index in [1.807, 2.05) is 26.0 Å². The molecule has 0 aliphatic rings. The smallest absolute Gasteiger partial charge is 0.303 e. The van der Waals surface area contributed by atoms with Crippen LogP contribution in [0.15, 0.2) is 21.1 Å². The first-order chi connectivity index (χ1) is 8.31. The fourth-order valence-electron chi connectivity index (χ4n) is 1.89. The summed E-state index contributed by atoms with van der Waals surface area (Å²) in [4.78, 5) is 10.6. The van der Waals surface area contributed by atoms with Crippen LogP contribution in [0.2, 0.25) is 0 Å². The Hall–Kier alpha value is -0.390. The van der Waals surface area contributed by atoms with Gasteiger partial charge in [-0.2, -0.15) is 0 Å². The number of aliphatic carboxylic acids is 1. The summed E-state index contributed by atoms with van der Waals surface area (Å²) in [6, 6.07) is 3.85. The van der Waals surface area contributed by atoms with Crippen molar-refractivity contribution in [1.82, 2.24) is 0 Å². The average Bonchev–Trinajstić information content (AvgIpc) is 2.21. The maximum absolute atomic E-state index is 10.6. The van der Waals surface area contributed by atoms with Gasteiger partial charge in [-0.15, -0.1) is 0 Å². The summed E-state index contributed by atoms with van der Waals surface area (Å²) in [5.74, 6) is -0.719. The van der Waals surface area contributed by atoms with E-state index >= 15 is 0 Å². The first-order valence-electron chi connectivity index (χ1n) is 5.74. The maximum Gasteiger partial charge on any atom is 0.303 e. The second-order valence-corrected chi connectivity index (χ2v) is 6.38. The number of carboxylic acid groups (broad SMARTS) is 1. The van der Waals surface area contributed by atoms with Crippen molar-refractivity contribution >= 4 is 37.8 Å². The first kappa shape index (κ1) is 15.7. The van der Waals surface area contributed by atoms with E-state index in [0.29, 0.717) is 6.42 Å². The molecule has 0 aliphatic heterocycles. The summed E-state index contributed by atoms with van der Waals surface area (Å²) in [6.45, 7) is 3.92. The number of carbonyl (C=O) groups is 1. The highest BCUT2D eigenvalue weighted by Crippen LogP contribution is 2.31. The van der Waals surface area contributed by atoms with Gasteiger partial charge in [0.05, 0.1) is 0 Å². The molecule has 0 fully saturated rings. The van der Waals surface area contributed by atoms with Gasteiger partial charge in [0, 0.05) is 21.4 Å². The van der Waals surface area contributed by atoms with Crippen LogP contribution in [0.1, 0.15) is 36.9 Å². The number of hydrogen-bond acceptors (Lipinski definition) is 2. The summed E-state index contributed by atoms with van der Waals surface area (Å²) < 4.78 is 1.99. The van der Waals surface area contributed by atoms with Gasteiger partial charge >= 0.3 is 5.97 Å². The van der Waals surface area contributed by atoms with Crippen LogP contribution >= 0.6 is 31.9 Å². The topological polar surface area (TPSA) is 63.3 Å². The lowest BCUT2D eigenvalue weighted by molar-refractivity contribution is -0.138. The van der Waals surface area contributed by atoms with Crippen LogP contribution < -0.4 is 5.73 Å². The molecule has 0 bridgehead atoms. The molecule has 3 N–H and O–H groups in total. The zero-order valence-corrected chi connectivity index (χ0v) is 13.6. The number of rotatable bonds is 5. The monoisotopic (exact) mass is 377 g/mol. The maximum atomic E-state index is 10.6. The van der Waals surface area contributed by atoms with Crippen molar-refractivity contribution in [3.63, 3.8) is 0 Å². The highest BCUT2D eigenvalue weighted by atomic mass is 79.9. The van der Waals surface area contributed by atoms with E-state index in [9.17, 15) is 4.79 Å². The number of hydrogen-bond donors (Lipinski definition) is 2. The van der Waals surface area contributed by atoms with Gasteiger partial charge < -0.3 is 10.8 Å². The van der Waals surface area contributed by atoms with E-state index in [1.165, 1.54) is 0 Å². The van der Waals surface area contributed by atoms with Gasteiger partial charge in [0.2, 0.25) is 0 Å².